The zero-order chi connectivity index (χ0) is 15.1. The molecule has 0 saturated heterocycles. The van der Waals surface area contributed by atoms with E-state index in [0.717, 1.165) is 10.9 Å². The minimum absolute atomic E-state index is 0.0178. The molecule has 0 spiro atoms. The van der Waals surface area contributed by atoms with Crippen LogP contribution in [0.3, 0.4) is 0 Å². The second kappa shape index (κ2) is 5.19. The van der Waals surface area contributed by atoms with Crippen LogP contribution in [0.5, 0.6) is 0 Å². The highest BCUT2D eigenvalue weighted by molar-refractivity contribution is 7.86. The zero-order valence-corrected chi connectivity index (χ0v) is 13.0. The second-order valence-electron chi connectivity index (χ2n) is 5.69. The smallest absolute Gasteiger partial charge is 0.125 e. The average molecular weight is 291 g/mol. The van der Waals surface area contributed by atoms with Gasteiger partial charge in [-0.3, -0.25) is 0 Å². The summed E-state index contributed by atoms with van der Waals surface area (Å²) in [4.78, 5) is -0.0469. The van der Waals surface area contributed by atoms with Gasteiger partial charge in [0.25, 0.3) is 0 Å². The Hall–Kier alpha value is -1.39. The normalized spacial score (nSPS) is 12.6. The van der Waals surface area contributed by atoms with Crippen LogP contribution in [0.25, 0.3) is 10.8 Å². The highest BCUT2D eigenvalue weighted by Crippen LogP contribution is 2.37. The number of rotatable bonds is 3. The van der Waals surface area contributed by atoms with Crippen molar-refractivity contribution < 1.29 is 13.0 Å². The Balaban J connectivity index is 3.06. The summed E-state index contributed by atoms with van der Waals surface area (Å²) in [6, 6.07) is 9.17. The summed E-state index contributed by atoms with van der Waals surface area (Å²) in [7, 11) is -4.51. The molecule has 0 aliphatic rings. The van der Waals surface area contributed by atoms with Crippen molar-refractivity contribution in [1.29, 1.82) is 0 Å². The summed E-state index contributed by atoms with van der Waals surface area (Å²) in [5, 5.41) is 1.32. The molecule has 0 atom stereocenters. The number of benzene rings is 2. The van der Waals surface area contributed by atoms with Crippen molar-refractivity contribution in [2.24, 2.45) is 0 Å². The van der Waals surface area contributed by atoms with E-state index < -0.39 is 10.1 Å². The third kappa shape index (κ3) is 2.58. The lowest BCUT2D eigenvalue weighted by molar-refractivity contribution is 0.462. The van der Waals surface area contributed by atoms with Crippen LogP contribution in [0.4, 0.5) is 0 Å². The molecular weight excluding hydrogens is 272 g/mol. The van der Waals surface area contributed by atoms with Gasteiger partial charge in [-0.1, -0.05) is 58.0 Å². The summed E-state index contributed by atoms with van der Waals surface area (Å²) < 4.78 is 35.4. The molecule has 0 heterocycles. The molecule has 0 amide bonds. The number of hydrogen-bond donors (Lipinski definition) is 0. The molecule has 2 aromatic carbocycles. The Morgan fingerprint density at radius 2 is 1.60 bits per heavy atom. The van der Waals surface area contributed by atoms with Gasteiger partial charge in [0.05, 0.1) is 4.90 Å². The summed E-state index contributed by atoms with van der Waals surface area (Å²) in [6.45, 7) is 7.86. The van der Waals surface area contributed by atoms with E-state index in [9.17, 15) is 13.0 Å². The minimum Gasteiger partial charge on any atom is -0.744 e. The second-order valence-corrected chi connectivity index (χ2v) is 7.01. The van der Waals surface area contributed by atoms with Crippen LogP contribution in [-0.4, -0.2) is 13.0 Å². The summed E-state index contributed by atoms with van der Waals surface area (Å²) in [5.74, 6) is 0.147. The first-order valence-electron chi connectivity index (χ1n) is 6.75. The van der Waals surface area contributed by atoms with Gasteiger partial charge in [-0.2, -0.15) is 0 Å². The molecule has 0 aliphatic carbocycles. The van der Waals surface area contributed by atoms with E-state index >= 15 is 0 Å². The first-order valence-corrected chi connectivity index (χ1v) is 8.15. The Labute approximate surface area is 120 Å². The van der Waals surface area contributed by atoms with Gasteiger partial charge in [-0.05, 0) is 33.7 Å². The fourth-order valence-electron chi connectivity index (χ4n) is 2.69. The highest BCUT2D eigenvalue weighted by Gasteiger charge is 2.21. The first-order chi connectivity index (χ1) is 9.23. The quantitative estimate of drug-likeness (QED) is 0.803. The molecule has 0 aliphatic heterocycles. The van der Waals surface area contributed by atoms with Gasteiger partial charge in [0.1, 0.15) is 10.1 Å². The van der Waals surface area contributed by atoms with Gasteiger partial charge in [0.15, 0.2) is 0 Å². The van der Waals surface area contributed by atoms with Crippen LogP contribution in [0.2, 0.25) is 0 Å². The van der Waals surface area contributed by atoms with Crippen molar-refractivity contribution in [1.82, 2.24) is 0 Å². The monoisotopic (exact) mass is 291 g/mol. The van der Waals surface area contributed by atoms with E-state index in [-0.39, 0.29) is 16.7 Å². The molecule has 2 aromatic rings. The Morgan fingerprint density at radius 3 is 2.10 bits per heavy atom. The van der Waals surface area contributed by atoms with Gasteiger partial charge in [0.2, 0.25) is 0 Å². The van der Waals surface area contributed by atoms with Gasteiger partial charge in [-0.25, -0.2) is 8.42 Å². The highest BCUT2D eigenvalue weighted by atomic mass is 32.2. The summed E-state index contributed by atoms with van der Waals surface area (Å²) in [5.41, 5.74) is 1.60. The van der Waals surface area contributed by atoms with Crippen LogP contribution in [-0.2, 0) is 10.1 Å². The van der Waals surface area contributed by atoms with E-state index in [0.29, 0.717) is 10.9 Å². The van der Waals surface area contributed by atoms with Crippen molar-refractivity contribution in [3.8, 4) is 0 Å². The number of fused-ring (bicyclic) bond motifs is 1. The standard InChI is InChI=1S/C16H20O3S/c1-10(2)14-9-12-7-5-6-8-13(12)16(20(17,18)19)15(14)11(3)4/h5-11H,1-4H3,(H,17,18,19)/p-1. The molecule has 0 fully saturated rings. The molecule has 20 heavy (non-hydrogen) atoms. The molecule has 0 saturated carbocycles. The molecule has 0 unspecified atom stereocenters. The van der Waals surface area contributed by atoms with E-state index in [2.05, 4.69) is 0 Å². The van der Waals surface area contributed by atoms with Crippen LogP contribution in [0, 0.1) is 0 Å². The van der Waals surface area contributed by atoms with Gasteiger partial charge in [-0.15, -0.1) is 0 Å². The van der Waals surface area contributed by atoms with Gasteiger partial charge >= 0.3 is 0 Å². The maximum atomic E-state index is 11.8. The van der Waals surface area contributed by atoms with Crippen molar-refractivity contribution in [2.75, 3.05) is 0 Å². The van der Waals surface area contributed by atoms with Crippen molar-refractivity contribution in [3.05, 3.63) is 41.5 Å². The Kier molecular flexibility index (Phi) is 3.89. The molecule has 3 nitrogen and oxygen atoms in total. The summed E-state index contributed by atoms with van der Waals surface area (Å²) >= 11 is 0. The summed E-state index contributed by atoms with van der Waals surface area (Å²) in [6.07, 6.45) is 0. The van der Waals surface area contributed by atoms with Crippen molar-refractivity contribution in [3.63, 3.8) is 0 Å². The van der Waals surface area contributed by atoms with Crippen molar-refractivity contribution in [2.45, 2.75) is 44.4 Å². The van der Waals surface area contributed by atoms with Gasteiger partial charge < -0.3 is 4.55 Å². The molecule has 0 aromatic heterocycles. The third-order valence-corrected chi connectivity index (χ3v) is 4.46. The Morgan fingerprint density at radius 1 is 1.00 bits per heavy atom. The van der Waals surface area contributed by atoms with Crippen LogP contribution in [0.1, 0.15) is 50.7 Å². The molecule has 0 radical (unpaired) electrons. The molecule has 4 heteroatoms. The SMILES string of the molecule is CC(C)c1cc2ccccc2c(S(=O)(=O)[O-])c1C(C)C. The lowest BCUT2D eigenvalue weighted by atomic mass is 9.88. The number of hydrogen-bond acceptors (Lipinski definition) is 3. The largest absolute Gasteiger partial charge is 0.744 e. The van der Waals surface area contributed by atoms with Crippen LogP contribution < -0.4 is 0 Å². The third-order valence-electron chi connectivity index (χ3n) is 3.52. The molecular formula is C16H19O3S-. The van der Waals surface area contributed by atoms with Gasteiger partial charge in [0, 0.05) is 0 Å². The topological polar surface area (TPSA) is 57.2 Å². The van der Waals surface area contributed by atoms with E-state index in [1.54, 1.807) is 12.1 Å². The van der Waals surface area contributed by atoms with E-state index in [1.165, 1.54) is 0 Å². The first kappa shape index (κ1) is 15.0. The molecule has 108 valence electrons. The van der Waals surface area contributed by atoms with E-state index in [1.807, 2.05) is 45.9 Å². The molecule has 0 N–H and O–H groups in total. The molecule has 0 bridgehead atoms. The predicted molar refractivity (Wildman–Crippen MR) is 80.1 cm³/mol. The minimum atomic E-state index is -4.51. The average Bonchev–Trinajstić information content (AvgIpc) is 2.34. The fraction of sp³-hybridized carbons (Fsp3) is 0.375. The Bertz CT molecular complexity index is 744. The molecule has 2 rings (SSSR count). The maximum absolute atomic E-state index is 11.8. The lowest BCUT2D eigenvalue weighted by Gasteiger charge is -2.24. The maximum Gasteiger partial charge on any atom is 0.125 e. The van der Waals surface area contributed by atoms with Crippen LogP contribution >= 0.6 is 0 Å². The lowest BCUT2D eigenvalue weighted by Crippen LogP contribution is -2.10. The van der Waals surface area contributed by atoms with Crippen molar-refractivity contribution >= 4 is 20.9 Å². The predicted octanol–water partition coefficient (Wildman–Crippen LogP) is 3.99. The fourth-order valence-corrected chi connectivity index (χ4v) is 3.77. The van der Waals surface area contributed by atoms with E-state index in [4.69, 9.17) is 0 Å². The zero-order valence-electron chi connectivity index (χ0n) is 12.2. The van der Waals surface area contributed by atoms with Crippen LogP contribution in [0.15, 0.2) is 35.2 Å².